The minimum Gasteiger partial charge on any atom is -0.305 e. The third-order valence-corrected chi connectivity index (χ3v) is 11.4. The predicted octanol–water partition coefficient (Wildman–Crippen LogP) is 10.6. The molecular formula is C42H50IrN2Si-2. The zero-order valence-electron chi connectivity index (χ0n) is 32.0. The van der Waals surface area contributed by atoms with Gasteiger partial charge in [-0.3, -0.25) is 0 Å². The molecule has 0 aliphatic rings. The number of aryl methyl sites for hydroxylation is 1. The number of aromatic nitrogens is 2. The van der Waals surface area contributed by atoms with E-state index in [9.17, 15) is 0 Å². The van der Waals surface area contributed by atoms with Crippen LogP contribution in [0.15, 0.2) is 103 Å². The maximum Gasteiger partial charge on any atom is 0.0767 e. The van der Waals surface area contributed by atoms with Gasteiger partial charge in [-0.15, -0.1) is 71.3 Å². The molecule has 0 saturated heterocycles. The van der Waals surface area contributed by atoms with Gasteiger partial charge in [-0.2, -0.15) is 0 Å². The molecule has 0 atom stereocenters. The molecule has 0 amide bonds. The first-order chi connectivity index (χ1) is 22.2. The van der Waals surface area contributed by atoms with Crippen LogP contribution < -0.4 is 5.19 Å². The number of benzene rings is 3. The Labute approximate surface area is 297 Å². The molecule has 5 rings (SSSR count). The molecule has 0 unspecified atom stereocenters. The van der Waals surface area contributed by atoms with Gasteiger partial charge in [0.15, 0.2) is 0 Å². The summed E-state index contributed by atoms with van der Waals surface area (Å²) in [5.41, 5.74) is 7.01. The van der Waals surface area contributed by atoms with E-state index in [-0.39, 0.29) is 36.4 Å². The maximum absolute atomic E-state index is 7.86. The van der Waals surface area contributed by atoms with E-state index in [1.807, 2.05) is 42.6 Å². The second-order valence-corrected chi connectivity index (χ2v) is 20.0. The zero-order chi connectivity index (χ0) is 35.5. The van der Waals surface area contributed by atoms with E-state index in [2.05, 4.69) is 145 Å². The van der Waals surface area contributed by atoms with Crippen molar-refractivity contribution >= 4 is 13.3 Å². The Kier molecular flexibility index (Phi) is 10.5. The van der Waals surface area contributed by atoms with Gasteiger partial charge in [0.1, 0.15) is 0 Å². The van der Waals surface area contributed by atoms with E-state index in [0.717, 1.165) is 28.1 Å². The van der Waals surface area contributed by atoms with Gasteiger partial charge in [0, 0.05) is 36.6 Å². The van der Waals surface area contributed by atoms with Gasteiger partial charge in [0.05, 0.1) is 8.07 Å². The van der Waals surface area contributed by atoms with Crippen LogP contribution in [0.5, 0.6) is 0 Å². The molecule has 0 fully saturated rings. The normalized spacial score (nSPS) is 13.3. The molecule has 0 saturated carbocycles. The van der Waals surface area contributed by atoms with Gasteiger partial charge in [-0.25, -0.2) is 0 Å². The first kappa shape index (κ1) is 32.8. The van der Waals surface area contributed by atoms with Crippen LogP contribution in [0.25, 0.3) is 22.5 Å². The quantitative estimate of drug-likeness (QED) is 0.126. The second kappa shape index (κ2) is 14.7. The average Bonchev–Trinajstić information content (AvgIpc) is 3.04. The number of pyridine rings is 2. The van der Waals surface area contributed by atoms with E-state index in [1.54, 1.807) is 0 Å². The molecule has 5 aromatic rings. The largest absolute Gasteiger partial charge is 0.305 e. The molecule has 0 bridgehead atoms. The van der Waals surface area contributed by atoms with Gasteiger partial charge in [-0.05, 0) is 57.2 Å². The van der Waals surface area contributed by atoms with Crippen LogP contribution in [-0.4, -0.2) is 18.0 Å². The SMILES string of the molecule is CC(C)(c1ccccc1)c1cc[c-]c(-c2cc([Si](C)(C)C)ccn2)c1.[2H]C([2H])([2H])c1cnc(-c2[c-]cccc2)cc1C(C)(C)C(C)(C)C.[Ir]. The van der Waals surface area contributed by atoms with Crippen molar-refractivity contribution in [3.8, 4) is 22.5 Å². The van der Waals surface area contributed by atoms with Crippen molar-refractivity contribution in [1.29, 1.82) is 0 Å². The minimum absolute atomic E-state index is 0. The van der Waals surface area contributed by atoms with Crippen molar-refractivity contribution < 1.29 is 24.2 Å². The Hall–Kier alpha value is -3.17. The Morgan fingerprint density at radius 1 is 0.674 bits per heavy atom. The van der Waals surface area contributed by atoms with Crippen LogP contribution in [0.4, 0.5) is 0 Å². The molecule has 3 aromatic carbocycles. The smallest absolute Gasteiger partial charge is 0.0767 e. The summed E-state index contributed by atoms with van der Waals surface area (Å²) in [6.07, 6.45) is 3.44. The third-order valence-electron chi connectivity index (χ3n) is 9.36. The van der Waals surface area contributed by atoms with Crippen molar-refractivity contribution in [2.24, 2.45) is 5.41 Å². The molecule has 0 spiro atoms. The summed E-state index contributed by atoms with van der Waals surface area (Å²) in [6.45, 7) is 20.0. The summed E-state index contributed by atoms with van der Waals surface area (Å²) < 4.78 is 23.6. The molecule has 46 heavy (non-hydrogen) atoms. The van der Waals surface area contributed by atoms with Gasteiger partial charge >= 0.3 is 0 Å². The van der Waals surface area contributed by atoms with Gasteiger partial charge < -0.3 is 9.97 Å². The Morgan fingerprint density at radius 3 is 1.93 bits per heavy atom. The molecule has 4 heteroatoms. The second-order valence-electron chi connectivity index (χ2n) is 14.9. The van der Waals surface area contributed by atoms with Gasteiger partial charge in [0.25, 0.3) is 0 Å². The average molecular weight is 806 g/mol. The molecule has 0 aliphatic carbocycles. The molecule has 2 heterocycles. The molecule has 2 nitrogen and oxygen atoms in total. The Morgan fingerprint density at radius 2 is 1.33 bits per heavy atom. The summed E-state index contributed by atoms with van der Waals surface area (Å²) in [4.78, 5) is 8.99. The van der Waals surface area contributed by atoms with Crippen LogP contribution in [-0.2, 0) is 30.9 Å². The van der Waals surface area contributed by atoms with Crippen molar-refractivity contribution in [3.63, 3.8) is 0 Å². The van der Waals surface area contributed by atoms with E-state index < -0.39 is 14.9 Å². The molecule has 0 N–H and O–H groups in total. The summed E-state index contributed by atoms with van der Waals surface area (Å²) >= 11 is 0. The molecule has 243 valence electrons. The number of nitrogens with zero attached hydrogens (tertiary/aromatic N) is 2. The standard InChI is InChI=1S/C23H26NSi.C19H24N.Ir/c1-23(2,19-11-7-6-8-12-19)20-13-9-10-18(16-20)22-17-21(14-15-24-22)25(3,4)5;1-14-13-20-17(15-10-8-7-9-11-15)12-16(14)19(5,6)18(2,3)4;/h6-9,11-17H,1-5H3;7-10,12-13H,1-6H3;/q2*-1;/i;1D3;. The van der Waals surface area contributed by atoms with Crippen LogP contribution in [0.1, 0.15) is 74.8 Å². The first-order valence-corrected chi connectivity index (χ1v) is 19.3. The van der Waals surface area contributed by atoms with E-state index >= 15 is 0 Å². The van der Waals surface area contributed by atoms with Crippen LogP contribution in [0.3, 0.4) is 0 Å². The fourth-order valence-corrected chi connectivity index (χ4v) is 6.29. The zero-order valence-corrected chi connectivity index (χ0v) is 32.4. The van der Waals surface area contributed by atoms with E-state index in [0.29, 0.717) is 5.56 Å². The van der Waals surface area contributed by atoms with E-state index in [4.69, 9.17) is 4.11 Å². The van der Waals surface area contributed by atoms with Crippen LogP contribution in [0, 0.1) is 24.4 Å². The van der Waals surface area contributed by atoms with Crippen molar-refractivity contribution in [1.82, 2.24) is 9.97 Å². The number of hydrogen-bond donors (Lipinski definition) is 0. The van der Waals surface area contributed by atoms with Crippen molar-refractivity contribution in [3.05, 3.63) is 138 Å². The minimum atomic E-state index is -2.18. The number of rotatable bonds is 6. The van der Waals surface area contributed by atoms with Crippen molar-refractivity contribution in [2.75, 3.05) is 0 Å². The summed E-state index contributed by atoms with van der Waals surface area (Å²) in [5.74, 6) is 0. The molecule has 2 aromatic heterocycles. The number of hydrogen-bond acceptors (Lipinski definition) is 2. The van der Waals surface area contributed by atoms with Gasteiger partial charge in [0.2, 0.25) is 0 Å². The fourth-order valence-electron chi connectivity index (χ4n) is 5.15. The Balaban J connectivity index is 0.000000261. The summed E-state index contributed by atoms with van der Waals surface area (Å²) in [7, 11) is -1.35. The predicted molar refractivity (Wildman–Crippen MR) is 196 cm³/mol. The van der Waals surface area contributed by atoms with Crippen molar-refractivity contribution in [2.45, 2.75) is 85.8 Å². The molecule has 0 aliphatic heterocycles. The van der Waals surface area contributed by atoms with Crippen LogP contribution >= 0.6 is 0 Å². The molecular weight excluding hydrogens is 753 g/mol. The van der Waals surface area contributed by atoms with Crippen LogP contribution in [0.2, 0.25) is 19.6 Å². The van der Waals surface area contributed by atoms with E-state index in [1.165, 1.54) is 22.5 Å². The third kappa shape index (κ3) is 8.59. The Bertz CT molecular complexity index is 1820. The molecule has 1 radical (unpaired) electrons. The first-order valence-electron chi connectivity index (χ1n) is 17.3. The van der Waals surface area contributed by atoms with Gasteiger partial charge in [-0.1, -0.05) is 116 Å². The maximum atomic E-state index is 7.86. The fraction of sp³-hybridized carbons (Fsp3) is 0.333. The summed E-state index contributed by atoms with van der Waals surface area (Å²) in [5, 5.41) is 1.43. The topological polar surface area (TPSA) is 25.8 Å². The summed E-state index contributed by atoms with van der Waals surface area (Å²) in [6, 6.07) is 37.6. The monoisotopic (exact) mass is 806 g/mol.